The van der Waals surface area contributed by atoms with E-state index in [2.05, 4.69) is 0 Å². The average Bonchev–Trinajstić information content (AvgIpc) is 1.60. The Hall–Kier alpha value is -0.370. The van der Waals surface area contributed by atoms with E-state index in [4.69, 9.17) is 0 Å². The summed E-state index contributed by atoms with van der Waals surface area (Å²) in [6, 6.07) is 0. The summed E-state index contributed by atoms with van der Waals surface area (Å²) in [5.74, 6) is 0.113. The van der Waals surface area contributed by atoms with Gasteiger partial charge in [-0.2, -0.15) is 0 Å². The molecular formula is C8H16O2. The second-order valence-corrected chi connectivity index (χ2v) is 3.53. The van der Waals surface area contributed by atoms with E-state index in [9.17, 15) is 9.90 Å². The van der Waals surface area contributed by atoms with E-state index < -0.39 is 5.60 Å². The molecule has 0 aromatic carbocycles. The first kappa shape index (κ1) is 9.63. The van der Waals surface area contributed by atoms with Crippen LogP contribution in [0.25, 0.3) is 0 Å². The lowest BCUT2D eigenvalue weighted by Crippen LogP contribution is -2.24. The molecule has 0 bridgehead atoms. The van der Waals surface area contributed by atoms with Crippen LogP contribution in [0, 0.1) is 5.92 Å². The van der Waals surface area contributed by atoms with Crippen LogP contribution >= 0.6 is 0 Å². The van der Waals surface area contributed by atoms with Crippen LogP contribution < -0.4 is 0 Å². The zero-order valence-corrected chi connectivity index (χ0v) is 7.14. The molecule has 10 heavy (non-hydrogen) atoms. The van der Waals surface area contributed by atoms with Crippen LogP contribution in [0.4, 0.5) is 0 Å². The summed E-state index contributed by atoms with van der Waals surface area (Å²) < 4.78 is 0. The molecule has 0 aromatic heterocycles. The molecule has 0 saturated heterocycles. The van der Waals surface area contributed by atoms with Gasteiger partial charge in [-0.3, -0.25) is 4.79 Å². The Morgan fingerprint density at radius 3 is 2.10 bits per heavy atom. The lowest BCUT2D eigenvalue weighted by molar-refractivity contribution is -0.122. The number of carbonyl (C=O) groups excluding carboxylic acids is 1. The van der Waals surface area contributed by atoms with Crippen molar-refractivity contribution in [2.75, 3.05) is 0 Å². The first-order chi connectivity index (χ1) is 4.33. The molecule has 0 spiro atoms. The molecule has 2 heteroatoms. The number of Topliss-reactive ketones (excluding diaryl/α,β-unsaturated/α-hetero) is 1. The maximum absolute atomic E-state index is 10.7. The van der Waals surface area contributed by atoms with Gasteiger partial charge in [0, 0.05) is 5.92 Å². The van der Waals surface area contributed by atoms with Crippen molar-refractivity contribution in [1.82, 2.24) is 0 Å². The number of carbonyl (C=O) groups is 1. The normalized spacial score (nSPS) is 14.9. The third kappa shape index (κ3) is 4.50. The number of ketones is 1. The molecule has 0 aromatic rings. The van der Waals surface area contributed by atoms with Gasteiger partial charge in [0.2, 0.25) is 0 Å². The second kappa shape index (κ2) is 3.15. The van der Waals surface area contributed by atoms with E-state index in [1.54, 1.807) is 20.8 Å². The minimum Gasteiger partial charge on any atom is -0.390 e. The van der Waals surface area contributed by atoms with Crippen molar-refractivity contribution in [1.29, 1.82) is 0 Å². The molecule has 0 aliphatic heterocycles. The molecule has 1 N–H and O–H groups in total. The maximum atomic E-state index is 10.7. The fraction of sp³-hybridized carbons (Fsp3) is 0.875. The van der Waals surface area contributed by atoms with E-state index >= 15 is 0 Å². The Bertz CT molecular complexity index is 122. The van der Waals surface area contributed by atoms with Gasteiger partial charge in [-0.25, -0.2) is 0 Å². The summed E-state index contributed by atoms with van der Waals surface area (Å²) >= 11 is 0. The maximum Gasteiger partial charge on any atom is 0.132 e. The monoisotopic (exact) mass is 144 g/mol. The highest BCUT2D eigenvalue weighted by atomic mass is 16.3. The standard InChI is InChI=1S/C8H16O2/c1-6(7(2)9)5-8(3,4)10/h6,10H,5H2,1-4H3. The molecule has 1 unspecified atom stereocenters. The van der Waals surface area contributed by atoms with Crippen LogP contribution in [0.15, 0.2) is 0 Å². The van der Waals surface area contributed by atoms with Gasteiger partial charge in [0.25, 0.3) is 0 Å². The molecule has 1 atom stereocenters. The lowest BCUT2D eigenvalue weighted by Gasteiger charge is -2.19. The van der Waals surface area contributed by atoms with Crippen LogP contribution in [0.1, 0.15) is 34.1 Å². The molecule has 0 radical (unpaired) electrons. The van der Waals surface area contributed by atoms with Gasteiger partial charge in [0.1, 0.15) is 5.78 Å². The van der Waals surface area contributed by atoms with Gasteiger partial charge in [0.05, 0.1) is 5.60 Å². The summed E-state index contributed by atoms with van der Waals surface area (Å²) in [5.41, 5.74) is -0.717. The molecular weight excluding hydrogens is 128 g/mol. The zero-order valence-electron chi connectivity index (χ0n) is 7.14. The van der Waals surface area contributed by atoms with Gasteiger partial charge >= 0.3 is 0 Å². The summed E-state index contributed by atoms with van der Waals surface area (Å²) in [6.45, 7) is 6.82. The fourth-order valence-corrected chi connectivity index (χ4v) is 0.893. The van der Waals surface area contributed by atoms with Gasteiger partial charge in [-0.1, -0.05) is 6.92 Å². The molecule has 2 nitrogen and oxygen atoms in total. The van der Waals surface area contributed by atoms with Gasteiger partial charge in [-0.05, 0) is 27.2 Å². The third-order valence-electron chi connectivity index (χ3n) is 1.50. The fourth-order valence-electron chi connectivity index (χ4n) is 0.893. The highest BCUT2D eigenvalue weighted by Gasteiger charge is 2.19. The first-order valence-corrected chi connectivity index (χ1v) is 3.56. The summed E-state index contributed by atoms with van der Waals surface area (Å²) in [4.78, 5) is 10.7. The predicted molar refractivity (Wildman–Crippen MR) is 40.8 cm³/mol. The number of hydrogen-bond donors (Lipinski definition) is 1. The lowest BCUT2D eigenvalue weighted by atomic mass is 9.93. The second-order valence-electron chi connectivity index (χ2n) is 3.53. The number of aliphatic hydroxyl groups is 1. The molecule has 60 valence electrons. The molecule has 0 aliphatic rings. The van der Waals surface area contributed by atoms with E-state index in [0.717, 1.165) is 0 Å². The Balaban J connectivity index is 3.80. The third-order valence-corrected chi connectivity index (χ3v) is 1.50. The summed E-state index contributed by atoms with van der Waals surface area (Å²) in [6.07, 6.45) is 0.544. The Kier molecular flexibility index (Phi) is 3.03. The van der Waals surface area contributed by atoms with Gasteiger partial charge in [0.15, 0.2) is 0 Å². The minimum atomic E-state index is -0.717. The van der Waals surface area contributed by atoms with Gasteiger partial charge < -0.3 is 5.11 Å². The number of rotatable bonds is 3. The number of hydrogen-bond acceptors (Lipinski definition) is 2. The van der Waals surface area contributed by atoms with Crippen molar-refractivity contribution in [2.24, 2.45) is 5.92 Å². The van der Waals surface area contributed by atoms with E-state index in [0.29, 0.717) is 6.42 Å². The van der Waals surface area contributed by atoms with Crippen LogP contribution in [0.3, 0.4) is 0 Å². The van der Waals surface area contributed by atoms with Gasteiger partial charge in [-0.15, -0.1) is 0 Å². The average molecular weight is 144 g/mol. The first-order valence-electron chi connectivity index (χ1n) is 3.56. The SMILES string of the molecule is CC(=O)C(C)CC(C)(C)O. The Morgan fingerprint density at radius 1 is 1.60 bits per heavy atom. The van der Waals surface area contributed by atoms with E-state index in [-0.39, 0.29) is 11.7 Å². The van der Waals surface area contributed by atoms with Crippen molar-refractivity contribution in [3.8, 4) is 0 Å². The minimum absolute atomic E-state index is 0.0278. The van der Waals surface area contributed by atoms with Crippen molar-refractivity contribution in [2.45, 2.75) is 39.7 Å². The molecule has 0 heterocycles. The molecule has 0 rings (SSSR count). The quantitative estimate of drug-likeness (QED) is 0.649. The van der Waals surface area contributed by atoms with Crippen molar-refractivity contribution >= 4 is 5.78 Å². The van der Waals surface area contributed by atoms with Crippen LogP contribution in [-0.2, 0) is 4.79 Å². The molecule has 0 amide bonds. The molecule has 0 aliphatic carbocycles. The highest BCUT2D eigenvalue weighted by Crippen LogP contribution is 2.15. The Labute approximate surface area is 62.2 Å². The van der Waals surface area contributed by atoms with Crippen molar-refractivity contribution in [3.05, 3.63) is 0 Å². The molecule has 0 fully saturated rings. The van der Waals surface area contributed by atoms with Crippen molar-refractivity contribution < 1.29 is 9.90 Å². The summed E-state index contributed by atoms with van der Waals surface area (Å²) in [7, 11) is 0. The smallest absolute Gasteiger partial charge is 0.132 e. The van der Waals surface area contributed by atoms with Crippen LogP contribution in [0.5, 0.6) is 0 Å². The summed E-state index contributed by atoms with van der Waals surface area (Å²) in [5, 5.41) is 9.28. The topological polar surface area (TPSA) is 37.3 Å². The Morgan fingerprint density at radius 2 is 2.00 bits per heavy atom. The predicted octanol–water partition coefficient (Wildman–Crippen LogP) is 1.37. The van der Waals surface area contributed by atoms with E-state index in [1.807, 2.05) is 6.92 Å². The van der Waals surface area contributed by atoms with E-state index in [1.165, 1.54) is 0 Å². The highest BCUT2D eigenvalue weighted by molar-refractivity contribution is 5.77. The molecule has 0 saturated carbocycles. The largest absolute Gasteiger partial charge is 0.390 e. The zero-order chi connectivity index (χ0) is 8.36. The van der Waals surface area contributed by atoms with Crippen molar-refractivity contribution in [3.63, 3.8) is 0 Å². The van der Waals surface area contributed by atoms with Crippen LogP contribution in [-0.4, -0.2) is 16.5 Å². The van der Waals surface area contributed by atoms with Crippen LogP contribution in [0.2, 0.25) is 0 Å².